The molecule has 1 atom stereocenters. The van der Waals surface area contributed by atoms with Crippen LogP contribution in [0.15, 0.2) is 155 Å². The summed E-state index contributed by atoms with van der Waals surface area (Å²) in [6.45, 7) is 2.42. The average Bonchev–Trinajstić information content (AvgIpc) is 3.54. The average molecular weight is 710 g/mol. The molecule has 1 aliphatic heterocycles. The van der Waals surface area contributed by atoms with Crippen molar-refractivity contribution in [3.63, 3.8) is 0 Å². The number of ether oxygens (including phenoxy) is 1. The number of benzene rings is 5. The van der Waals surface area contributed by atoms with Gasteiger partial charge in [-0.1, -0.05) is 84.9 Å². The Kier molecular flexibility index (Phi) is 11.5. The second kappa shape index (κ2) is 17.0. The van der Waals surface area contributed by atoms with E-state index in [-0.39, 0.29) is 29.8 Å². The minimum atomic E-state index is -0.712. The molecule has 1 unspecified atom stereocenters. The fourth-order valence-electron chi connectivity index (χ4n) is 5.30. The van der Waals surface area contributed by atoms with Gasteiger partial charge in [-0.3, -0.25) is 19.2 Å². The smallest absolute Gasteiger partial charge is 0.272 e. The third-order valence-corrected chi connectivity index (χ3v) is 9.01. The number of para-hydroxylation sites is 1. The zero-order chi connectivity index (χ0) is 36.3. The highest BCUT2D eigenvalue weighted by Gasteiger charge is 2.29. The lowest BCUT2D eigenvalue weighted by Gasteiger charge is -2.17. The molecule has 6 rings (SSSR count). The first-order valence-electron chi connectivity index (χ1n) is 16.6. The van der Waals surface area contributed by atoms with Gasteiger partial charge in [-0.25, -0.2) is 0 Å². The van der Waals surface area contributed by atoms with Gasteiger partial charge in [0, 0.05) is 16.1 Å². The van der Waals surface area contributed by atoms with Gasteiger partial charge in [0.05, 0.1) is 18.7 Å². The molecular weight excluding hydrogens is 675 g/mol. The molecule has 0 saturated heterocycles. The van der Waals surface area contributed by atoms with Crippen LogP contribution >= 0.6 is 11.8 Å². The summed E-state index contributed by atoms with van der Waals surface area (Å²) in [6.07, 6.45) is 1.55. The molecule has 0 saturated carbocycles. The van der Waals surface area contributed by atoms with Gasteiger partial charge in [-0.05, 0) is 78.7 Å². The van der Waals surface area contributed by atoms with E-state index < -0.39 is 17.1 Å². The van der Waals surface area contributed by atoms with E-state index in [1.807, 2.05) is 61.5 Å². The van der Waals surface area contributed by atoms with Crippen molar-refractivity contribution in [3.05, 3.63) is 162 Å². The molecule has 0 spiro atoms. The second-order valence-corrected chi connectivity index (χ2v) is 12.7. The lowest BCUT2D eigenvalue weighted by Crippen LogP contribution is -2.33. The molecule has 0 radical (unpaired) electrons. The molecule has 1 aliphatic rings. The van der Waals surface area contributed by atoms with Gasteiger partial charge in [0.2, 0.25) is 5.91 Å². The largest absolute Gasteiger partial charge is 0.494 e. The standard InChI is InChI=1S/C41H35N5O5S/c1-2-51-33-23-21-28(22-24-33)25-35(43-39(48)30-15-8-4-9-16-30)40(49)42-31-17-12-20-34(26-31)52-38(29-13-6-3-7-14-29)41(50)44-36-27-37(47)46(45-36)32-18-10-5-11-19-32/h3-26,38H,2,27H2,1H3,(H,42,49)(H,43,48)(H,44,45,50)/b35-25+. The Morgan fingerprint density at radius 1 is 0.827 bits per heavy atom. The Morgan fingerprint density at radius 2 is 1.50 bits per heavy atom. The molecule has 0 fully saturated rings. The zero-order valence-electron chi connectivity index (χ0n) is 28.2. The highest BCUT2D eigenvalue weighted by molar-refractivity contribution is 8.00. The van der Waals surface area contributed by atoms with Crippen molar-refractivity contribution in [1.29, 1.82) is 0 Å². The van der Waals surface area contributed by atoms with Crippen LogP contribution in [0, 0.1) is 0 Å². The topological polar surface area (TPSA) is 129 Å². The van der Waals surface area contributed by atoms with Crippen LogP contribution in [0.25, 0.3) is 6.08 Å². The van der Waals surface area contributed by atoms with Crippen LogP contribution in [0.2, 0.25) is 0 Å². The molecule has 10 nitrogen and oxygen atoms in total. The number of hydrogen-bond donors (Lipinski definition) is 3. The number of amides is 4. The van der Waals surface area contributed by atoms with E-state index in [1.54, 1.807) is 91.0 Å². The van der Waals surface area contributed by atoms with Crippen molar-refractivity contribution in [3.8, 4) is 5.75 Å². The highest BCUT2D eigenvalue weighted by Crippen LogP contribution is 2.37. The monoisotopic (exact) mass is 709 g/mol. The SMILES string of the molecule is CCOc1ccc(/C=C(/NC(=O)c2ccccc2)C(=O)Nc2cccc(SC(C(=O)NC3=NN(c4ccccc4)C(=O)C3)c3ccccc3)c2)cc1. The number of nitrogens with zero attached hydrogens (tertiary/aromatic N) is 2. The van der Waals surface area contributed by atoms with Gasteiger partial charge in [0.15, 0.2) is 0 Å². The van der Waals surface area contributed by atoms with E-state index in [0.717, 1.165) is 5.56 Å². The van der Waals surface area contributed by atoms with E-state index in [4.69, 9.17) is 4.74 Å². The molecule has 0 aromatic heterocycles. The summed E-state index contributed by atoms with van der Waals surface area (Å²) in [4.78, 5) is 54.1. The third-order valence-electron chi connectivity index (χ3n) is 7.76. The number of amidine groups is 1. The number of carbonyl (C=O) groups excluding carboxylic acids is 4. The van der Waals surface area contributed by atoms with Crippen molar-refractivity contribution in [2.24, 2.45) is 5.10 Å². The summed E-state index contributed by atoms with van der Waals surface area (Å²) in [5, 5.41) is 13.5. The molecule has 1 heterocycles. The molecule has 4 amide bonds. The van der Waals surface area contributed by atoms with Crippen molar-refractivity contribution in [1.82, 2.24) is 10.6 Å². The van der Waals surface area contributed by atoms with Gasteiger partial charge in [-0.2, -0.15) is 10.1 Å². The van der Waals surface area contributed by atoms with Gasteiger partial charge in [-0.15, -0.1) is 11.8 Å². The summed E-state index contributed by atoms with van der Waals surface area (Å²) in [5.41, 5.74) is 2.93. The second-order valence-electron chi connectivity index (χ2n) is 11.5. The van der Waals surface area contributed by atoms with Crippen molar-refractivity contribution >= 4 is 58.7 Å². The third kappa shape index (κ3) is 9.20. The summed E-state index contributed by atoms with van der Waals surface area (Å²) in [6, 6.07) is 41.2. The zero-order valence-corrected chi connectivity index (χ0v) is 29.0. The van der Waals surface area contributed by atoms with Crippen LogP contribution in [0.1, 0.15) is 40.1 Å². The first-order chi connectivity index (χ1) is 25.4. The molecule has 5 aromatic rings. The normalized spacial score (nSPS) is 13.2. The number of hydrogen-bond acceptors (Lipinski definition) is 7. The maximum atomic E-state index is 13.8. The number of hydrazone groups is 1. The summed E-state index contributed by atoms with van der Waals surface area (Å²) in [7, 11) is 0. The fourth-order valence-corrected chi connectivity index (χ4v) is 6.38. The van der Waals surface area contributed by atoms with Crippen LogP contribution in [-0.2, 0) is 14.4 Å². The molecule has 0 aliphatic carbocycles. The Hall–Kier alpha value is -6.46. The minimum absolute atomic E-state index is 0.0361. The van der Waals surface area contributed by atoms with Crippen LogP contribution in [-0.4, -0.2) is 36.1 Å². The highest BCUT2D eigenvalue weighted by atomic mass is 32.2. The van der Waals surface area contributed by atoms with Gasteiger partial charge in [0.1, 0.15) is 22.5 Å². The van der Waals surface area contributed by atoms with Crippen molar-refractivity contribution in [2.45, 2.75) is 23.5 Å². The van der Waals surface area contributed by atoms with Crippen molar-refractivity contribution in [2.75, 3.05) is 16.9 Å². The predicted molar refractivity (Wildman–Crippen MR) is 204 cm³/mol. The van der Waals surface area contributed by atoms with E-state index >= 15 is 0 Å². The first kappa shape index (κ1) is 35.4. The van der Waals surface area contributed by atoms with Crippen molar-refractivity contribution < 1.29 is 23.9 Å². The molecule has 3 N–H and O–H groups in total. The molecule has 260 valence electrons. The molecular formula is C41H35N5O5S. The number of anilines is 2. The lowest BCUT2D eigenvalue weighted by atomic mass is 10.1. The molecule has 5 aromatic carbocycles. The quantitative estimate of drug-likeness (QED) is 0.0929. The Balaban J connectivity index is 1.21. The van der Waals surface area contributed by atoms with E-state index in [0.29, 0.717) is 39.8 Å². The van der Waals surface area contributed by atoms with Crippen LogP contribution < -0.4 is 25.7 Å². The van der Waals surface area contributed by atoms with Crippen LogP contribution in [0.5, 0.6) is 5.75 Å². The molecule has 11 heteroatoms. The summed E-state index contributed by atoms with van der Waals surface area (Å²) < 4.78 is 5.54. The fraction of sp³-hybridized carbons (Fsp3) is 0.0976. The van der Waals surface area contributed by atoms with Gasteiger partial charge in [0.25, 0.3) is 17.7 Å². The Bertz CT molecular complexity index is 2110. The molecule has 52 heavy (non-hydrogen) atoms. The van der Waals surface area contributed by atoms with Crippen LogP contribution in [0.4, 0.5) is 11.4 Å². The Labute approximate surface area is 305 Å². The predicted octanol–water partition coefficient (Wildman–Crippen LogP) is 7.19. The van der Waals surface area contributed by atoms with Gasteiger partial charge < -0.3 is 20.7 Å². The summed E-state index contributed by atoms with van der Waals surface area (Å²) >= 11 is 1.28. The van der Waals surface area contributed by atoms with E-state index in [9.17, 15) is 19.2 Å². The first-order valence-corrected chi connectivity index (χ1v) is 17.4. The number of nitrogens with one attached hydrogen (secondary N) is 3. The van der Waals surface area contributed by atoms with E-state index in [2.05, 4.69) is 21.1 Å². The maximum absolute atomic E-state index is 13.8. The van der Waals surface area contributed by atoms with E-state index in [1.165, 1.54) is 16.8 Å². The number of thioether (sulfide) groups is 1. The summed E-state index contributed by atoms with van der Waals surface area (Å²) in [5.74, 6) is -0.625. The Morgan fingerprint density at radius 3 is 2.19 bits per heavy atom. The lowest BCUT2D eigenvalue weighted by molar-refractivity contribution is -0.119. The van der Waals surface area contributed by atoms with Gasteiger partial charge >= 0.3 is 0 Å². The maximum Gasteiger partial charge on any atom is 0.272 e. The minimum Gasteiger partial charge on any atom is -0.494 e. The number of carbonyl (C=O) groups is 4. The molecule has 0 bridgehead atoms. The van der Waals surface area contributed by atoms with Crippen LogP contribution in [0.3, 0.4) is 0 Å². The number of rotatable bonds is 12.